The van der Waals surface area contributed by atoms with Crippen LogP contribution in [0.5, 0.6) is 5.75 Å². The molecule has 3 nitrogen and oxygen atoms in total. The molecule has 1 aromatic carbocycles. The van der Waals surface area contributed by atoms with Crippen LogP contribution in [0.15, 0.2) is 18.2 Å². The van der Waals surface area contributed by atoms with Crippen LogP contribution in [-0.2, 0) is 4.74 Å². The van der Waals surface area contributed by atoms with Crippen molar-refractivity contribution in [1.29, 1.82) is 0 Å². The van der Waals surface area contributed by atoms with Crippen molar-refractivity contribution in [1.82, 2.24) is 0 Å². The van der Waals surface area contributed by atoms with Gasteiger partial charge in [0.25, 0.3) is 0 Å². The van der Waals surface area contributed by atoms with Crippen molar-refractivity contribution < 1.29 is 14.3 Å². The van der Waals surface area contributed by atoms with Gasteiger partial charge in [0.15, 0.2) is 0 Å². The molecule has 0 saturated heterocycles. The molecule has 16 heavy (non-hydrogen) atoms. The monoisotopic (exact) mass is 218 g/mol. The third-order valence-corrected chi connectivity index (χ3v) is 2.09. The lowest BCUT2D eigenvalue weighted by molar-refractivity contribution is 0.0525. The summed E-state index contributed by atoms with van der Waals surface area (Å²) in [5.41, 5.74) is 1.26. The maximum atomic E-state index is 11.6. The molecule has 0 bridgehead atoms. The summed E-state index contributed by atoms with van der Waals surface area (Å²) < 4.78 is 10.2. The third kappa shape index (κ3) is 2.77. The number of hydrogen-bond donors (Lipinski definition) is 0. The molecule has 0 aromatic heterocycles. The maximum Gasteiger partial charge on any atom is 0.338 e. The minimum Gasteiger partial charge on any atom is -0.481 e. The molecule has 0 unspecified atom stereocenters. The number of terminal acetylenes is 1. The van der Waals surface area contributed by atoms with Crippen LogP contribution in [0.4, 0.5) is 0 Å². The topological polar surface area (TPSA) is 35.5 Å². The standard InChI is InChI=1S/C13H14O3/c1-4-9-16-12-8-6-7-11(10(12)3)13(14)15-5-2/h1,6-8H,5,9H2,2-3H3. The molecule has 0 saturated carbocycles. The summed E-state index contributed by atoms with van der Waals surface area (Å²) in [5, 5.41) is 0. The van der Waals surface area contributed by atoms with Gasteiger partial charge in [0.05, 0.1) is 12.2 Å². The minimum atomic E-state index is -0.342. The van der Waals surface area contributed by atoms with Gasteiger partial charge in [0.2, 0.25) is 0 Å². The van der Waals surface area contributed by atoms with E-state index in [2.05, 4.69) is 5.92 Å². The van der Waals surface area contributed by atoms with Gasteiger partial charge >= 0.3 is 5.97 Å². The fraction of sp³-hybridized carbons (Fsp3) is 0.308. The normalized spacial score (nSPS) is 9.31. The van der Waals surface area contributed by atoms with E-state index >= 15 is 0 Å². The second-order valence-electron chi connectivity index (χ2n) is 3.14. The Hall–Kier alpha value is -1.95. The summed E-state index contributed by atoms with van der Waals surface area (Å²) in [6, 6.07) is 5.22. The van der Waals surface area contributed by atoms with Crippen molar-refractivity contribution in [3.63, 3.8) is 0 Å². The van der Waals surface area contributed by atoms with Crippen molar-refractivity contribution in [2.24, 2.45) is 0 Å². The Morgan fingerprint density at radius 1 is 1.50 bits per heavy atom. The highest BCUT2D eigenvalue weighted by atomic mass is 16.5. The van der Waals surface area contributed by atoms with E-state index in [-0.39, 0.29) is 12.6 Å². The molecule has 1 rings (SSSR count). The number of carbonyl (C=O) groups excluding carboxylic acids is 1. The highest BCUT2D eigenvalue weighted by Gasteiger charge is 2.12. The summed E-state index contributed by atoms with van der Waals surface area (Å²) in [6.07, 6.45) is 5.11. The Kier molecular flexibility index (Phi) is 4.41. The van der Waals surface area contributed by atoms with Crippen LogP contribution in [0.2, 0.25) is 0 Å². The smallest absolute Gasteiger partial charge is 0.338 e. The van der Waals surface area contributed by atoms with E-state index in [9.17, 15) is 4.79 Å². The van der Waals surface area contributed by atoms with E-state index < -0.39 is 0 Å². The molecule has 0 aliphatic carbocycles. The van der Waals surface area contributed by atoms with E-state index in [1.807, 2.05) is 0 Å². The Morgan fingerprint density at radius 3 is 2.88 bits per heavy atom. The van der Waals surface area contributed by atoms with Gasteiger partial charge in [-0.1, -0.05) is 12.0 Å². The zero-order valence-electron chi connectivity index (χ0n) is 9.45. The van der Waals surface area contributed by atoms with Gasteiger partial charge in [-0.3, -0.25) is 0 Å². The van der Waals surface area contributed by atoms with Gasteiger partial charge in [0, 0.05) is 5.56 Å². The predicted octanol–water partition coefficient (Wildman–Crippen LogP) is 2.18. The molecular formula is C13H14O3. The Balaban J connectivity index is 2.95. The van der Waals surface area contributed by atoms with Crippen LogP contribution >= 0.6 is 0 Å². The van der Waals surface area contributed by atoms with Crippen LogP contribution in [-0.4, -0.2) is 19.2 Å². The van der Waals surface area contributed by atoms with E-state index in [1.54, 1.807) is 32.0 Å². The van der Waals surface area contributed by atoms with E-state index in [4.69, 9.17) is 15.9 Å². The van der Waals surface area contributed by atoms with Crippen LogP contribution in [0.25, 0.3) is 0 Å². The molecule has 1 aromatic rings. The second kappa shape index (κ2) is 5.82. The number of hydrogen-bond acceptors (Lipinski definition) is 3. The van der Waals surface area contributed by atoms with E-state index in [1.165, 1.54) is 0 Å². The van der Waals surface area contributed by atoms with Crippen molar-refractivity contribution in [3.8, 4) is 18.1 Å². The van der Waals surface area contributed by atoms with Crippen molar-refractivity contribution >= 4 is 5.97 Å². The largest absolute Gasteiger partial charge is 0.481 e. The van der Waals surface area contributed by atoms with Crippen LogP contribution in [0.1, 0.15) is 22.8 Å². The average molecular weight is 218 g/mol. The number of ether oxygens (including phenoxy) is 2. The Labute approximate surface area is 95.4 Å². The fourth-order valence-electron chi connectivity index (χ4n) is 1.32. The van der Waals surface area contributed by atoms with Gasteiger partial charge in [-0.25, -0.2) is 4.79 Å². The first-order chi connectivity index (χ1) is 7.70. The molecule has 0 spiro atoms. The maximum absolute atomic E-state index is 11.6. The van der Waals surface area contributed by atoms with Crippen molar-refractivity contribution in [2.45, 2.75) is 13.8 Å². The molecule has 84 valence electrons. The van der Waals surface area contributed by atoms with Gasteiger partial charge in [0.1, 0.15) is 12.4 Å². The molecule has 0 fully saturated rings. The lowest BCUT2D eigenvalue weighted by atomic mass is 10.1. The average Bonchev–Trinajstić information content (AvgIpc) is 2.28. The summed E-state index contributed by atoms with van der Waals surface area (Å²) in [5.74, 6) is 2.65. The zero-order valence-corrected chi connectivity index (χ0v) is 9.45. The zero-order chi connectivity index (χ0) is 12.0. The third-order valence-electron chi connectivity index (χ3n) is 2.09. The van der Waals surface area contributed by atoms with Gasteiger partial charge in [-0.15, -0.1) is 6.42 Å². The molecule has 0 N–H and O–H groups in total. The first-order valence-corrected chi connectivity index (χ1v) is 5.03. The van der Waals surface area contributed by atoms with Gasteiger partial charge < -0.3 is 9.47 Å². The summed E-state index contributed by atoms with van der Waals surface area (Å²) in [7, 11) is 0. The molecule has 0 aliphatic rings. The molecular weight excluding hydrogens is 204 g/mol. The molecule has 0 amide bonds. The molecule has 0 heterocycles. The number of benzene rings is 1. The second-order valence-corrected chi connectivity index (χ2v) is 3.14. The van der Waals surface area contributed by atoms with Crippen LogP contribution in [0, 0.1) is 19.3 Å². The van der Waals surface area contributed by atoms with E-state index in [0.717, 1.165) is 5.56 Å². The quantitative estimate of drug-likeness (QED) is 0.574. The van der Waals surface area contributed by atoms with Gasteiger partial charge in [-0.2, -0.15) is 0 Å². The van der Waals surface area contributed by atoms with E-state index in [0.29, 0.717) is 17.9 Å². The fourth-order valence-corrected chi connectivity index (χ4v) is 1.32. The lowest BCUT2D eigenvalue weighted by Crippen LogP contribution is -2.08. The van der Waals surface area contributed by atoms with Crippen LogP contribution < -0.4 is 4.74 Å². The first-order valence-electron chi connectivity index (χ1n) is 5.03. The van der Waals surface area contributed by atoms with Crippen molar-refractivity contribution in [3.05, 3.63) is 29.3 Å². The SMILES string of the molecule is C#CCOc1cccc(C(=O)OCC)c1C. The highest BCUT2D eigenvalue weighted by Crippen LogP contribution is 2.21. The molecule has 0 radical (unpaired) electrons. The summed E-state index contributed by atoms with van der Waals surface area (Å²) in [6.45, 7) is 4.12. The molecule has 0 aliphatic heterocycles. The minimum absolute atomic E-state index is 0.188. The molecule has 3 heteroatoms. The highest BCUT2D eigenvalue weighted by molar-refractivity contribution is 5.91. The number of carbonyl (C=O) groups is 1. The summed E-state index contributed by atoms with van der Waals surface area (Å²) >= 11 is 0. The predicted molar refractivity (Wildman–Crippen MR) is 61.5 cm³/mol. The van der Waals surface area contributed by atoms with Gasteiger partial charge in [-0.05, 0) is 26.0 Å². The Bertz CT molecular complexity index is 416. The van der Waals surface area contributed by atoms with Crippen molar-refractivity contribution in [2.75, 3.05) is 13.2 Å². The number of esters is 1. The lowest BCUT2D eigenvalue weighted by Gasteiger charge is -2.10. The molecule has 0 atom stereocenters. The summed E-state index contributed by atoms with van der Waals surface area (Å²) in [4.78, 5) is 11.6. The first kappa shape index (κ1) is 12.1. The Morgan fingerprint density at radius 2 is 2.25 bits per heavy atom. The number of rotatable bonds is 4. The van der Waals surface area contributed by atoms with Crippen LogP contribution in [0.3, 0.4) is 0 Å².